The lowest BCUT2D eigenvalue weighted by Crippen LogP contribution is -2.30. The molecule has 29 heavy (non-hydrogen) atoms. The van der Waals surface area contributed by atoms with Crippen molar-refractivity contribution in [3.05, 3.63) is 71.4 Å². The molecule has 1 aromatic heterocycles. The third kappa shape index (κ3) is 4.97. The van der Waals surface area contributed by atoms with E-state index in [4.69, 9.17) is 4.74 Å². The molecule has 1 atom stereocenters. The summed E-state index contributed by atoms with van der Waals surface area (Å²) in [7, 11) is 1.41. The molecule has 8 heteroatoms. The second-order valence-electron chi connectivity index (χ2n) is 6.60. The fourth-order valence-electron chi connectivity index (χ4n) is 2.87. The van der Waals surface area contributed by atoms with E-state index in [-0.39, 0.29) is 30.1 Å². The van der Waals surface area contributed by atoms with Crippen molar-refractivity contribution in [2.75, 3.05) is 19.0 Å². The van der Waals surface area contributed by atoms with Crippen LogP contribution in [0.4, 0.5) is 14.6 Å². The molecule has 3 aromatic rings. The number of aryl methyl sites for hydroxylation is 1. The van der Waals surface area contributed by atoms with E-state index in [1.54, 1.807) is 37.3 Å². The second kappa shape index (κ2) is 8.83. The predicted octanol–water partition coefficient (Wildman–Crippen LogP) is 3.76. The van der Waals surface area contributed by atoms with Gasteiger partial charge in [-0.25, -0.2) is 13.5 Å². The second-order valence-corrected chi connectivity index (χ2v) is 6.60. The van der Waals surface area contributed by atoms with Crippen molar-refractivity contribution < 1.29 is 18.3 Å². The number of anilines is 1. The number of nitrogens with zero attached hydrogens (tertiary/aromatic N) is 2. The number of hydrogen-bond acceptors (Lipinski definition) is 4. The van der Waals surface area contributed by atoms with Crippen LogP contribution in [-0.4, -0.2) is 29.3 Å². The van der Waals surface area contributed by atoms with E-state index in [9.17, 15) is 13.6 Å². The van der Waals surface area contributed by atoms with Crippen molar-refractivity contribution in [3.63, 3.8) is 0 Å². The molecule has 0 aliphatic heterocycles. The maximum absolute atomic E-state index is 13.9. The van der Waals surface area contributed by atoms with Gasteiger partial charge in [-0.1, -0.05) is 6.07 Å². The van der Waals surface area contributed by atoms with Gasteiger partial charge in [0.25, 0.3) is 0 Å². The molecule has 0 radical (unpaired) electrons. The van der Waals surface area contributed by atoms with Gasteiger partial charge in [0.2, 0.25) is 5.91 Å². The number of hydrogen-bond donors (Lipinski definition) is 2. The minimum Gasteiger partial charge on any atom is -0.494 e. The first-order valence-electron chi connectivity index (χ1n) is 9.06. The van der Waals surface area contributed by atoms with Crippen LogP contribution in [0.15, 0.2) is 48.5 Å². The first-order chi connectivity index (χ1) is 13.9. The monoisotopic (exact) mass is 400 g/mol. The Labute approximate surface area is 167 Å². The summed E-state index contributed by atoms with van der Waals surface area (Å²) < 4.78 is 33.5. The zero-order valence-electron chi connectivity index (χ0n) is 16.4. The summed E-state index contributed by atoms with van der Waals surface area (Å²) >= 11 is 0. The number of ether oxygens (including phenoxy) is 1. The Morgan fingerprint density at radius 3 is 2.55 bits per heavy atom. The maximum Gasteiger partial charge on any atom is 0.239 e. The Morgan fingerprint density at radius 2 is 1.90 bits per heavy atom. The Balaban J connectivity index is 1.64. The number of benzene rings is 2. The van der Waals surface area contributed by atoms with Gasteiger partial charge in [0.15, 0.2) is 11.6 Å². The van der Waals surface area contributed by atoms with Gasteiger partial charge in [-0.15, -0.1) is 0 Å². The van der Waals surface area contributed by atoms with Crippen LogP contribution in [0.1, 0.15) is 24.2 Å². The van der Waals surface area contributed by atoms with Gasteiger partial charge in [-0.05, 0) is 55.8 Å². The summed E-state index contributed by atoms with van der Waals surface area (Å²) in [5.74, 6) is -0.445. The van der Waals surface area contributed by atoms with Gasteiger partial charge in [0, 0.05) is 12.1 Å². The Morgan fingerprint density at radius 1 is 1.17 bits per heavy atom. The highest BCUT2D eigenvalue weighted by atomic mass is 19.1. The van der Waals surface area contributed by atoms with Crippen LogP contribution >= 0.6 is 0 Å². The van der Waals surface area contributed by atoms with Crippen LogP contribution in [0.3, 0.4) is 0 Å². The molecule has 2 N–H and O–H groups in total. The van der Waals surface area contributed by atoms with Gasteiger partial charge in [0.05, 0.1) is 25.0 Å². The van der Waals surface area contributed by atoms with Gasteiger partial charge in [-0.2, -0.15) is 5.10 Å². The number of carbonyl (C=O) groups is 1. The third-order valence-corrected chi connectivity index (χ3v) is 4.41. The molecule has 3 rings (SSSR count). The SMILES string of the molecule is COc1ccc(C(C)NCC(=O)Nc2cc(C)nn2-c2ccc(F)cc2)cc1F. The third-order valence-electron chi connectivity index (χ3n) is 4.41. The van der Waals surface area contributed by atoms with Crippen molar-refractivity contribution in [1.29, 1.82) is 0 Å². The van der Waals surface area contributed by atoms with Crippen LogP contribution in [0.5, 0.6) is 5.75 Å². The largest absolute Gasteiger partial charge is 0.494 e. The summed E-state index contributed by atoms with van der Waals surface area (Å²) in [6.07, 6.45) is 0. The van der Waals surface area contributed by atoms with E-state index < -0.39 is 5.82 Å². The number of carbonyl (C=O) groups excluding carboxylic acids is 1. The van der Waals surface area contributed by atoms with Gasteiger partial charge < -0.3 is 15.4 Å². The lowest BCUT2D eigenvalue weighted by Gasteiger charge is -2.15. The molecule has 1 unspecified atom stereocenters. The quantitative estimate of drug-likeness (QED) is 0.634. The number of methoxy groups -OCH3 is 1. The number of nitrogens with one attached hydrogen (secondary N) is 2. The minimum absolute atomic E-state index is 0.0163. The highest BCUT2D eigenvalue weighted by Crippen LogP contribution is 2.22. The van der Waals surface area contributed by atoms with Gasteiger partial charge in [-0.3, -0.25) is 4.79 Å². The first kappa shape index (κ1) is 20.5. The normalized spacial score (nSPS) is 11.9. The summed E-state index contributed by atoms with van der Waals surface area (Å²) in [5, 5.41) is 10.2. The van der Waals surface area contributed by atoms with Gasteiger partial charge >= 0.3 is 0 Å². The lowest BCUT2D eigenvalue weighted by molar-refractivity contribution is -0.115. The number of halogens is 2. The number of aromatic nitrogens is 2. The summed E-state index contributed by atoms with van der Waals surface area (Å²) in [4.78, 5) is 12.4. The van der Waals surface area contributed by atoms with Crippen LogP contribution in [0.2, 0.25) is 0 Å². The van der Waals surface area contributed by atoms with Crippen molar-refractivity contribution in [2.45, 2.75) is 19.9 Å². The average molecular weight is 400 g/mol. The Hall–Kier alpha value is -3.26. The van der Waals surface area contributed by atoms with Crippen LogP contribution in [0, 0.1) is 18.6 Å². The molecule has 0 aliphatic carbocycles. The molecule has 0 aliphatic rings. The molecule has 0 saturated carbocycles. The smallest absolute Gasteiger partial charge is 0.239 e. The summed E-state index contributed by atoms with van der Waals surface area (Å²) in [5.41, 5.74) is 2.03. The summed E-state index contributed by atoms with van der Waals surface area (Å²) in [6.45, 7) is 3.65. The zero-order valence-corrected chi connectivity index (χ0v) is 16.4. The van der Waals surface area contributed by atoms with Crippen molar-refractivity contribution >= 4 is 11.7 Å². The lowest BCUT2D eigenvalue weighted by atomic mass is 10.1. The van der Waals surface area contributed by atoms with Crippen LogP contribution in [-0.2, 0) is 4.79 Å². The molecular weight excluding hydrogens is 378 g/mol. The van der Waals surface area contributed by atoms with Crippen LogP contribution < -0.4 is 15.4 Å². The molecule has 2 aromatic carbocycles. The topological polar surface area (TPSA) is 68.2 Å². The standard InChI is InChI=1S/C21H22F2N4O2/c1-13-10-20(27(26-13)17-7-5-16(22)6-8-17)25-21(28)12-24-14(2)15-4-9-19(29-3)18(23)11-15/h4-11,14,24H,12H2,1-3H3,(H,25,28). The Bertz CT molecular complexity index is 1000. The van der Waals surface area contributed by atoms with E-state index in [0.29, 0.717) is 22.8 Å². The van der Waals surface area contributed by atoms with Crippen LogP contribution in [0.25, 0.3) is 5.69 Å². The van der Waals surface area contributed by atoms with Crippen molar-refractivity contribution in [1.82, 2.24) is 15.1 Å². The highest BCUT2D eigenvalue weighted by molar-refractivity contribution is 5.91. The number of amides is 1. The molecule has 1 heterocycles. The first-order valence-corrected chi connectivity index (χ1v) is 9.06. The molecule has 0 spiro atoms. The fourth-order valence-corrected chi connectivity index (χ4v) is 2.87. The minimum atomic E-state index is -0.457. The highest BCUT2D eigenvalue weighted by Gasteiger charge is 2.14. The molecule has 1 amide bonds. The van der Waals surface area contributed by atoms with E-state index in [0.717, 1.165) is 0 Å². The molecule has 152 valence electrons. The fraction of sp³-hybridized carbons (Fsp3) is 0.238. The predicted molar refractivity (Wildman–Crippen MR) is 106 cm³/mol. The van der Waals surface area contributed by atoms with E-state index in [2.05, 4.69) is 15.7 Å². The number of rotatable bonds is 7. The average Bonchev–Trinajstić information content (AvgIpc) is 3.06. The molecular formula is C21H22F2N4O2. The summed E-state index contributed by atoms with van der Waals surface area (Å²) in [6, 6.07) is 12.0. The molecule has 0 bridgehead atoms. The Kier molecular flexibility index (Phi) is 6.23. The van der Waals surface area contributed by atoms with Gasteiger partial charge in [0.1, 0.15) is 11.6 Å². The van der Waals surface area contributed by atoms with Crippen molar-refractivity contribution in [3.8, 4) is 11.4 Å². The molecule has 6 nitrogen and oxygen atoms in total. The van der Waals surface area contributed by atoms with E-state index >= 15 is 0 Å². The molecule has 0 fully saturated rings. The zero-order chi connectivity index (χ0) is 21.0. The van der Waals surface area contributed by atoms with E-state index in [1.807, 2.05) is 6.92 Å². The van der Waals surface area contributed by atoms with E-state index in [1.165, 1.54) is 30.0 Å². The van der Waals surface area contributed by atoms with Crippen molar-refractivity contribution in [2.24, 2.45) is 0 Å². The maximum atomic E-state index is 13.9. The molecule has 0 saturated heterocycles.